The fraction of sp³-hybridized carbons (Fsp3) is 0.200. The molecule has 176 valence electrons. The molecule has 0 atom stereocenters. The number of aliphatic hydroxyl groups excluding tert-OH is 1. The van der Waals surface area contributed by atoms with Crippen molar-refractivity contribution in [3.05, 3.63) is 66.3 Å². The van der Waals surface area contributed by atoms with Crippen LogP contribution in [-0.2, 0) is 11.3 Å². The zero-order valence-corrected chi connectivity index (χ0v) is 18.4. The van der Waals surface area contributed by atoms with Gasteiger partial charge >= 0.3 is 0 Å². The van der Waals surface area contributed by atoms with Crippen LogP contribution in [0.3, 0.4) is 0 Å². The van der Waals surface area contributed by atoms with Crippen LogP contribution >= 0.6 is 0 Å². The van der Waals surface area contributed by atoms with E-state index in [2.05, 4.69) is 25.1 Å². The highest BCUT2D eigenvalue weighted by Crippen LogP contribution is 2.36. The lowest BCUT2D eigenvalue weighted by molar-refractivity contribution is 0.122. The number of benzene rings is 2. The van der Waals surface area contributed by atoms with E-state index in [9.17, 15) is 9.50 Å². The smallest absolute Gasteiger partial charge is 0.162 e. The van der Waals surface area contributed by atoms with Gasteiger partial charge in [-0.2, -0.15) is 5.10 Å². The predicted octanol–water partition coefficient (Wildman–Crippen LogP) is 4.11. The molecule has 0 radical (unpaired) electrons. The molecule has 1 aliphatic heterocycles. The zero-order valence-electron chi connectivity index (χ0n) is 18.4. The molecule has 5 aromatic rings. The van der Waals surface area contributed by atoms with Crippen LogP contribution in [0.2, 0.25) is 0 Å². The Morgan fingerprint density at radius 1 is 0.971 bits per heavy atom. The Hall–Kier alpha value is -4.02. The molecule has 0 amide bonds. The Balaban J connectivity index is 1.47. The third-order valence-electron chi connectivity index (χ3n) is 6.12. The van der Waals surface area contributed by atoms with Crippen LogP contribution in [0.4, 0.5) is 14.5 Å². The monoisotopic (exact) mass is 475 g/mol. The second-order valence-electron chi connectivity index (χ2n) is 8.18. The zero-order chi connectivity index (χ0) is 23.9. The number of morpholine rings is 1. The summed E-state index contributed by atoms with van der Waals surface area (Å²) in [7, 11) is 0. The highest BCUT2D eigenvalue weighted by molar-refractivity contribution is 5.95. The molecule has 0 aliphatic carbocycles. The molecule has 1 fully saturated rings. The first-order valence-corrected chi connectivity index (χ1v) is 11.0. The third-order valence-corrected chi connectivity index (χ3v) is 6.12. The highest BCUT2D eigenvalue weighted by atomic mass is 19.1. The van der Waals surface area contributed by atoms with E-state index >= 15 is 4.39 Å². The van der Waals surface area contributed by atoms with Crippen molar-refractivity contribution in [3.63, 3.8) is 0 Å². The van der Waals surface area contributed by atoms with Gasteiger partial charge in [-0.15, -0.1) is 5.10 Å². The number of hydrogen-bond acceptors (Lipinski definition) is 8. The Labute approximate surface area is 197 Å². The van der Waals surface area contributed by atoms with Crippen molar-refractivity contribution in [1.29, 1.82) is 0 Å². The van der Waals surface area contributed by atoms with Crippen molar-refractivity contribution in [2.45, 2.75) is 6.61 Å². The van der Waals surface area contributed by atoms with Gasteiger partial charge in [-0.3, -0.25) is 0 Å². The Kier molecular flexibility index (Phi) is 5.31. The van der Waals surface area contributed by atoms with Gasteiger partial charge in [0.25, 0.3) is 0 Å². The van der Waals surface area contributed by atoms with Gasteiger partial charge < -0.3 is 19.2 Å². The van der Waals surface area contributed by atoms with Crippen molar-refractivity contribution in [2.24, 2.45) is 0 Å². The minimum atomic E-state index is -0.787. The van der Waals surface area contributed by atoms with Crippen molar-refractivity contribution >= 4 is 27.6 Å². The molecule has 4 heterocycles. The molecule has 1 N–H and O–H groups in total. The minimum absolute atomic E-state index is 0.0539. The van der Waals surface area contributed by atoms with E-state index in [0.29, 0.717) is 40.8 Å². The van der Waals surface area contributed by atoms with Gasteiger partial charge in [-0.1, -0.05) is 0 Å². The van der Waals surface area contributed by atoms with Crippen LogP contribution in [-0.4, -0.2) is 51.6 Å². The number of furan rings is 1. The Bertz CT molecular complexity index is 1570. The van der Waals surface area contributed by atoms with Crippen LogP contribution in [0.1, 0.15) is 5.69 Å². The van der Waals surface area contributed by atoms with E-state index in [1.165, 1.54) is 18.6 Å². The van der Waals surface area contributed by atoms with E-state index in [1.807, 2.05) is 18.2 Å². The summed E-state index contributed by atoms with van der Waals surface area (Å²) in [4.78, 5) is 10.9. The standard InChI is InChI=1S/C25H19F2N5O3/c26-19-10-20(27)18(9-17(19)23-7-14-11-30-31-22(12-33)25(14)35-23)24-16-2-1-15(8-21(16)28-13-29-24)32-3-5-34-6-4-32/h1-2,7-11,13,33H,3-6,12H2. The van der Waals surface area contributed by atoms with Gasteiger partial charge in [-0.25, -0.2) is 18.7 Å². The molecule has 0 bridgehead atoms. The van der Waals surface area contributed by atoms with Crippen molar-refractivity contribution in [2.75, 3.05) is 31.2 Å². The first kappa shape index (κ1) is 21.5. The third kappa shape index (κ3) is 3.76. The Morgan fingerprint density at radius 3 is 2.63 bits per heavy atom. The number of fused-ring (bicyclic) bond motifs is 2. The molecule has 8 nitrogen and oxygen atoms in total. The number of halogens is 2. The van der Waals surface area contributed by atoms with Gasteiger partial charge in [0, 0.05) is 41.2 Å². The summed E-state index contributed by atoms with van der Waals surface area (Å²) in [5, 5.41) is 18.3. The number of hydrogen-bond donors (Lipinski definition) is 1. The lowest BCUT2D eigenvalue weighted by Crippen LogP contribution is -2.36. The van der Waals surface area contributed by atoms with Gasteiger partial charge in [0.1, 0.15) is 29.4 Å². The summed E-state index contributed by atoms with van der Waals surface area (Å²) in [6.07, 6.45) is 2.82. The molecule has 1 aliphatic rings. The van der Waals surface area contributed by atoms with Crippen molar-refractivity contribution < 1.29 is 23.0 Å². The molecular formula is C25H19F2N5O3. The summed E-state index contributed by atoms with van der Waals surface area (Å²) in [6, 6.07) is 9.50. The second-order valence-corrected chi connectivity index (χ2v) is 8.18. The van der Waals surface area contributed by atoms with E-state index in [0.717, 1.165) is 24.8 Å². The first-order chi connectivity index (χ1) is 17.1. The first-order valence-electron chi connectivity index (χ1n) is 11.0. The lowest BCUT2D eigenvalue weighted by atomic mass is 10.0. The SMILES string of the molecule is OCc1nncc2cc(-c3cc(-c4ncnc5cc(N6CCOCC6)ccc45)c(F)cc3F)oc12. The Morgan fingerprint density at radius 2 is 1.80 bits per heavy atom. The number of anilines is 1. The van der Waals surface area contributed by atoms with E-state index < -0.39 is 11.6 Å². The number of ether oxygens (including phenoxy) is 1. The van der Waals surface area contributed by atoms with Crippen LogP contribution < -0.4 is 4.90 Å². The average molecular weight is 475 g/mol. The van der Waals surface area contributed by atoms with E-state index in [4.69, 9.17) is 9.15 Å². The van der Waals surface area contributed by atoms with Crippen LogP contribution in [0.15, 0.2) is 53.3 Å². The molecule has 1 saturated heterocycles. The van der Waals surface area contributed by atoms with Gasteiger partial charge in [0.15, 0.2) is 5.58 Å². The summed E-state index contributed by atoms with van der Waals surface area (Å²) >= 11 is 0. The molecular weight excluding hydrogens is 456 g/mol. The topological polar surface area (TPSA) is 97.4 Å². The van der Waals surface area contributed by atoms with Crippen molar-refractivity contribution in [1.82, 2.24) is 20.2 Å². The fourth-order valence-electron chi connectivity index (χ4n) is 4.37. The minimum Gasteiger partial charge on any atom is -0.454 e. The molecule has 35 heavy (non-hydrogen) atoms. The predicted molar refractivity (Wildman–Crippen MR) is 125 cm³/mol. The van der Waals surface area contributed by atoms with Crippen molar-refractivity contribution in [3.8, 4) is 22.6 Å². The second kappa shape index (κ2) is 8.64. The quantitative estimate of drug-likeness (QED) is 0.415. The molecule has 0 spiro atoms. The van der Waals surface area contributed by atoms with Crippen LogP contribution in [0, 0.1) is 11.6 Å². The lowest BCUT2D eigenvalue weighted by Gasteiger charge is -2.29. The highest BCUT2D eigenvalue weighted by Gasteiger charge is 2.20. The number of rotatable bonds is 4. The molecule has 10 heteroatoms. The number of aromatic nitrogens is 4. The summed E-state index contributed by atoms with van der Waals surface area (Å²) < 4.78 is 41.1. The van der Waals surface area contributed by atoms with Gasteiger partial charge in [0.2, 0.25) is 0 Å². The van der Waals surface area contributed by atoms with E-state index in [-0.39, 0.29) is 29.2 Å². The normalized spacial score (nSPS) is 14.2. The molecule has 0 unspecified atom stereocenters. The molecule has 6 rings (SSSR count). The van der Waals surface area contributed by atoms with E-state index in [1.54, 1.807) is 6.07 Å². The molecule has 0 saturated carbocycles. The van der Waals surface area contributed by atoms with Gasteiger partial charge in [-0.05, 0) is 30.3 Å². The number of nitrogens with zero attached hydrogens (tertiary/aromatic N) is 5. The maximum absolute atomic E-state index is 15.0. The molecule has 3 aromatic heterocycles. The summed E-state index contributed by atoms with van der Waals surface area (Å²) in [5.41, 5.74) is 2.69. The summed E-state index contributed by atoms with van der Waals surface area (Å²) in [6.45, 7) is 2.49. The average Bonchev–Trinajstić information content (AvgIpc) is 3.33. The van der Waals surface area contributed by atoms with Crippen LogP contribution in [0.25, 0.3) is 44.5 Å². The van der Waals surface area contributed by atoms with Gasteiger partial charge in [0.05, 0.1) is 42.8 Å². The number of aliphatic hydroxyl groups is 1. The van der Waals surface area contributed by atoms with Crippen LogP contribution in [0.5, 0.6) is 0 Å². The maximum Gasteiger partial charge on any atom is 0.162 e. The summed E-state index contributed by atoms with van der Waals surface area (Å²) in [5.74, 6) is -1.38. The largest absolute Gasteiger partial charge is 0.454 e. The maximum atomic E-state index is 15.0. The molecule has 2 aromatic carbocycles. The fourth-order valence-corrected chi connectivity index (χ4v) is 4.37.